The van der Waals surface area contributed by atoms with Gasteiger partial charge in [0.15, 0.2) is 0 Å². The predicted molar refractivity (Wildman–Crippen MR) is 275 cm³/mol. The number of hydrogen-bond donors (Lipinski definition) is 0. The fourth-order valence-corrected chi connectivity index (χ4v) is 10.1. The van der Waals surface area contributed by atoms with Gasteiger partial charge in [-0.15, -0.1) is 0 Å². The lowest BCUT2D eigenvalue weighted by molar-refractivity contribution is 1.62. The van der Waals surface area contributed by atoms with Crippen LogP contribution in [-0.4, -0.2) is 0 Å². The summed E-state index contributed by atoms with van der Waals surface area (Å²) in [6.45, 7) is 0. The van der Waals surface area contributed by atoms with E-state index in [0.29, 0.717) is 0 Å². The maximum Gasteiger partial charge on any atom is -0.00261 e. The molecule has 0 radical (unpaired) electrons. The Morgan fingerprint density at radius 1 is 0.125 bits per heavy atom. The van der Waals surface area contributed by atoms with Gasteiger partial charge in [-0.2, -0.15) is 0 Å². The Labute approximate surface area is 374 Å². The van der Waals surface area contributed by atoms with E-state index in [1.807, 2.05) is 0 Å². The highest BCUT2D eigenvalue weighted by molar-refractivity contribution is 6.24. The van der Waals surface area contributed by atoms with Gasteiger partial charge in [0, 0.05) is 0 Å². The molecule has 12 rings (SSSR count). The van der Waals surface area contributed by atoms with E-state index in [0.717, 1.165) is 0 Å². The molecule has 298 valence electrons. The molecule has 0 nitrogen and oxygen atoms in total. The van der Waals surface area contributed by atoms with Crippen LogP contribution in [-0.2, 0) is 0 Å². The minimum Gasteiger partial charge on any atom is -0.0622 e. The van der Waals surface area contributed by atoms with Gasteiger partial charge in [0.05, 0.1) is 0 Å². The minimum atomic E-state index is 1.19. The van der Waals surface area contributed by atoms with Gasteiger partial charge in [-0.3, -0.25) is 0 Å². The SMILES string of the molecule is c1ccc(-c2ccc3c(-c4ccccc4)c4cc(-c5ccc6c(-c7ccccc7)c7cc(-c8ccccc8)ccc7c(-c7ccccc7)c6c5)ccc4c(-c4ccccc4)c3c2)cc1. The van der Waals surface area contributed by atoms with Crippen molar-refractivity contribution in [2.75, 3.05) is 0 Å². The lowest BCUT2D eigenvalue weighted by atomic mass is 9.82. The van der Waals surface area contributed by atoms with E-state index >= 15 is 0 Å². The van der Waals surface area contributed by atoms with E-state index < -0.39 is 0 Å². The van der Waals surface area contributed by atoms with Crippen LogP contribution < -0.4 is 0 Å². The summed E-state index contributed by atoms with van der Waals surface area (Å²) in [5, 5.41) is 9.95. The summed E-state index contributed by atoms with van der Waals surface area (Å²) in [4.78, 5) is 0. The topological polar surface area (TPSA) is 0 Å². The second-order valence-corrected chi connectivity index (χ2v) is 16.7. The third-order valence-electron chi connectivity index (χ3n) is 13.0. The van der Waals surface area contributed by atoms with Gasteiger partial charge in [0.25, 0.3) is 0 Å². The van der Waals surface area contributed by atoms with Crippen LogP contribution in [0.15, 0.2) is 255 Å². The van der Waals surface area contributed by atoms with E-state index in [1.165, 1.54) is 121 Å². The lowest BCUT2D eigenvalue weighted by Gasteiger charge is -2.21. The van der Waals surface area contributed by atoms with Crippen LogP contribution in [0.3, 0.4) is 0 Å². The molecule has 0 heteroatoms. The Hall–Kier alpha value is -8.32. The molecule has 64 heavy (non-hydrogen) atoms. The van der Waals surface area contributed by atoms with E-state index in [4.69, 9.17) is 0 Å². The van der Waals surface area contributed by atoms with E-state index in [-0.39, 0.29) is 0 Å². The minimum absolute atomic E-state index is 1.19. The molecule has 0 aliphatic rings. The van der Waals surface area contributed by atoms with Crippen molar-refractivity contribution in [2.45, 2.75) is 0 Å². The van der Waals surface area contributed by atoms with Crippen LogP contribution in [0.1, 0.15) is 0 Å². The van der Waals surface area contributed by atoms with Crippen molar-refractivity contribution < 1.29 is 0 Å². The molecule has 0 heterocycles. The molecule has 0 aliphatic heterocycles. The molecular formula is C64H42. The van der Waals surface area contributed by atoms with Gasteiger partial charge < -0.3 is 0 Å². The van der Waals surface area contributed by atoms with Crippen LogP contribution >= 0.6 is 0 Å². The lowest BCUT2D eigenvalue weighted by Crippen LogP contribution is -1.94. The van der Waals surface area contributed by atoms with Crippen LogP contribution in [0.2, 0.25) is 0 Å². The van der Waals surface area contributed by atoms with Crippen LogP contribution in [0.4, 0.5) is 0 Å². The first-order valence-electron chi connectivity index (χ1n) is 22.2. The largest absolute Gasteiger partial charge is 0.0622 e. The molecule has 0 spiro atoms. The summed E-state index contributed by atoms with van der Waals surface area (Å²) in [5.41, 5.74) is 17.1. The molecule has 0 fully saturated rings. The smallest absolute Gasteiger partial charge is 0.00261 e. The number of hydrogen-bond acceptors (Lipinski definition) is 0. The molecule has 0 saturated carbocycles. The zero-order valence-electron chi connectivity index (χ0n) is 35.2. The molecule has 0 aliphatic carbocycles. The van der Waals surface area contributed by atoms with Crippen LogP contribution in [0.5, 0.6) is 0 Å². The van der Waals surface area contributed by atoms with Crippen molar-refractivity contribution in [1.82, 2.24) is 0 Å². The molecular weight excluding hydrogens is 769 g/mol. The molecule has 0 saturated heterocycles. The van der Waals surface area contributed by atoms with Gasteiger partial charge in [0.2, 0.25) is 0 Å². The third-order valence-corrected chi connectivity index (χ3v) is 13.0. The first kappa shape index (κ1) is 37.4. The van der Waals surface area contributed by atoms with Gasteiger partial charge in [-0.05, 0) is 145 Å². The molecule has 12 aromatic rings. The average molecular weight is 811 g/mol. The normalized spacial score (nSPS) is 11.4. The van der Waals surface area contributed by atoms with E-state index in [1.54, 1.807) is 0 Å². The zero-order valence-corrected chi connectivity index (χ0v) is 35.2. The summed E-state index contributed by atoms with van der Waals surface area (Å²) in [6, 6.07) is 93.6. The monoisotopic (exact) mass is 810 g/mol. The Kier molecular flexibility index (Phi) is 9.28. The number of fused-ring (bicyclic) bond motifs is 4. The fraction of sp³-hybridized carbons (Fsp3) is 0. The molecule has 0 atom stereocenters. The van der Waals surface area contributed by atoms with Crippen molar-refractivity contribution in [3.8, 4) is 77.9 Å². The van der Waals surface area contributed by atoms with E-state index in [9.17, 15) is 0 Å². The highest BCUT2D eigenvalue weighted by atomic mass is 14.2. The van der Waals surface area contributed by atoms with Gasteiger partial charge in [-0.25, -0.2) is 0 Å². The summed E-state index contributed by atoms with van der Waals surface area (Å²) in [7, 11) is 0. The van der Waals surface area contributed by atoms with Crippen molar-refractivity contribution in [3.63, 3.8) is 0 Å². The second kappa shape index (κ2) is 15.9. The summed E-state index contributed by atoms with van der Waals surface area (Å²) >= 11 is 0. The first-order chi connectivity index (χ1) is 31.8. The molecule has 12 aromatic carbocycles. The van der Waals surface area contributed by atoms with Crippen molar-refractivity contribution in [3.05, 3.63) is 255 Å². The Morgan fingerprint density at radius 3 is 0.531 bits per heavy atom. The number of rotatable bonds is 7. The molecule has 0 bridgehead atoms. The fourth-order valence-electron chi connectivity index (χ4n) is 10.1. The molecule has 0 unspecified atom stereocenters. The standard InChI is InChI=1S/C64H42/c1-7-19-43(20-8-1)49-31-35-53-57(39-49)61(45-23-11-3-12-24-45)55-37-33-51(41-59(55)63(53)47-27-15-5-16-28-47)52-34-38-56-60(42-52)64(48-29-17-6-18-30-48)54-36-32-50(44-21-9-2-10-22-44)40-58(54)62(56)46-25-13-4-14-26-46/h1-42H. The highest BCUT2D eigenvalue weighted by Crippen LogP contribution is 2.48. The Balaban J connectivity index is 1.15. The van der Waals surface area contributed by atoms with Crippen molar-refractivity contribution in [2.24, 2.45) is 0 Å². The van der Waals surface area contributed by atoms with Crippen LogP contribution in [0.25, 0.3) is 121 Å². The third kappa shape index (κ3) is 6.48. The Bertz CT molecular complexity index is 3400. The van der Waals surface area contributed by atoms with Crippen molar-refractivity contribution in [1.29, 1.82) is 0 Å². The average Bonchev–Trinajstić information content (AvgIpc) is 3.38. The molecule has 0 amide bonds. The molecule has 0 N–H and O–H groups in total. The predicted octanol–water partition coefficient (Wildman–Crippen LogP) is 18.0. The quantitative estimate of drug-likeness (QED) is 0.141. The van der Waals surface area contributed by atoms with Gasteiger partial charge in [-0.1, -0.05) is 231 Å². The summed E-state index contributed by atoms with van der Waals surface area (Å²) < 4.78 is 0. The summed E-state index contributed by atoms with van der Waals surface area (Å²) in [5.74, 6) is 0. The van der Waals surface area contributed by atoms with Crippen molar-refractivity contribution >= 4 is 43.1 Å². The highest BCUT2D eigenvalue weighted by Gasteiger charge is 2.21. The first-order valence-corrected chi connectivity index (χ1v) is 22.2. The zero-order chi connectivity index (χ0) is 42.4. The number of benzene rings is 12. The van der Waals surface area contributed by atoms with Crippen LogP contribution in [0, 0.1) is 0 Å². The van der Waals surface area contributed by atoms with E-state index in [2.05, 4.69) is 255 Å². The van der Waals surface area contributed by atoms with Gasteiger partial charge >= 0.3 is 0 Å². The Morgan fingerprint density at radius 2 is 0.312 bits per heavy atom. The maximum atomic E-state index is 2.45. The summed E-state index contributed by atoms with van der Waals surface area (Å²) in [6.07, 6.45) is 0. The van der Waals surface area contributed by atoms with Gasteiger partial charge in [0.1, 0.15) is 0 Å². The maximum absolute atomic E-state index is 2.45. The second-order valence-electron chi connectivity index (χ2n) is 16.7. The molecule has 0 aromatic heterocycles.